The molecule has 0 aliphatic heterocycles. The topological polar surface area (TPSA) is 52.3 Å². The highest BCUT2D eigenvalue weighted by atomic mass is 16.5. The van der Waals surface area contributed by atoms with Crippen LogP contribution in [0, 0.1) is 12.3 Å². The second-order valence-corrected chi connectivity index (χ2v) is 1.55. The lowest BCUT2D eigenvalue weighted by atomic mass is 10.2. The zero-order chi connectivity index (χ0) is 7.28. The molecule has 0 unspecified atom stereocenters. The van der Waals surface area contributed by atoms with Gasteiger partial charge in [0.05, 0.1) is 19.6 Å². The largest absolute Gasteiger partial charge is 0.469 e. The van der Waals surface area contributed by atoms with Gasteiger partial charge in [0.2, 0.25) is 0 Å². The Morgan fingerprint density at radius 3 is 2.89 bits per heavy atom. The van der Waals surface area contributed by atoms with Crippen LogP contribution < -0.4 is 5.73 Å². The van der Waals surface area contributed by atoms with E-state index in [2.05, 4.69) is 10.7 Å². The lowest BCUT2D eigenvalue weighted by Crippen LogP contribution is -2.22. The molecule has 0 radical (unpaired) electrons. The summed E-state index contributed by atoms with van der Waals surface area (Å²) in [5, 5.41) is 0. The molecule has 1 atom stereocenters. The van der Waals surface area contributed by atoms with Crippen molar-refractivity contribution in [2.45, 2.75) is 12.5 Å². The molecule has 0 aromatic heterocycles. The Hall–Kier alpha value is -1.01. The maximum absolute atomic E-state index is 10.4. The number of nitrogens with two attached hydrogens (primary N) is 1. The first-order valence-corrected chi connectivity index (χ1v) is 2.49. The molecular formula is C6H9NO2. The number of ether oxygens (including phenoxy) is 1. The van der Waals surface area contributed by atoms with E-state index in [0.717, 1.165) is 0 Å². The van der Waals surface area contributed by atoms with Gasteiger partial charge < -0.3 is 10.5 Å². The van der Waals surface area contributed by atoms with Crippen LogP contribution in [-0.4, -0.2) is 19.1 Å². The van der Waals surface area contributed by atoms with E-state index in [4.69, 9.17) is 12.2 Å². The Morgan fingerprint density at radius 1 is 2.00 bits per heavy atom. The smallest absolute Gasteiger partial charge is 0.308 e. The van der Waals surface area contributed by atoms with E-state index in [1.807, 2.05) is 0 Å². The Balaban J connectivity index is 3.50. The van der Waals surface area contributed by atoms with Gasteiger partial charge in [-0.1, -0.05) is 5.92 Å². The highest BCUT2D eigenvalue weighted by molar-refractivity contribution is 5.70. The van der Waals surface area contributed by atoms with E-state index in [0.29, 0.717) is 0 Å². The van der Waals surface area contributed by atoms with Crippen LogP contribution in [0.3, 0.4) is 0 Å². The quantitative estimate of drug-likeness (QED) is 0.402. The van der Waals surface area contributed by atoms with Gasteiger partial charge in [0.25, 0.3) is 0 Å². The standard InChI is InChI=1S/C6H9NO2/c1-3-5(7)4-6(8)9-2/h1,5H,4,7H2,2H3/t5-/m0/s1. The molecule has 0 bridgehead atoms. The summed E-state index contributed by atoms with van der Waals surface area (Å²) in [6, 6.07) is -0.516. The molecule has 3 nitrogen and oxygen atoms in total. The van der Waals surface area contributed by atoms with E-state index < -0.39 is 6.04 Å². The highest BCUT2D eigenvalue weighted by Gasteiger charge is 2.04. The van der Waals surface area contributed by atoms with Crippen LogP contribution in [0.25, 0.3) is 0 Å². The normalized spacial score (nSPS) is 11.7. The van der Waals surface area contributed by atoms with Crippen LogP contribution in [0.15, 0.2) is 0 Å². The first-order valence-electron chi connectivity index (χ1n) is 2.49. The van der Waals surface area contributed by atoms with Crippen molar-refractivity contribution in [1.29, 1.82) is 0 Å². The van der Waals surface area contributed by atoms with Crippen molar-refractivity contribution in [3.63, 3.8) is 0 Å². The molecule has 0 aromatic rings. The van der Waals surface area contributed by atoms with Gasteiger partial charge in [-0.3, -0.25) is 4.79 Å². The van der Waals surface area contributed by atoms with Crippen LogP contribution in [-0.2, 0) is 9.53 Å². The van der Waals surface area contributed by atoms with Crippen molar-refractivity contribution < 1.29 is 9.53 Å². The molecule has 9 heavy (non-hydrogen) atoms. The zero-order valence-corrected chi connectivity index (χ0v) is 5.26. The van der Waals surface area contributed by atoms with Crippen molar-refractivity contribution in [2.75, 3.05) is 7.11 Å². The second kappa shape index (κ2) is 3.93. The fraction of sp³-hybridized carbons (Fsp3) is 0.500. The van der Waals surface area contributed by atoms with Gasteiger partial charge in [-0.25, -0.2) is 0 Å². The molecule has 0 heterocycles. The lowest BCUT2D eigenvalue weighted by molar-refractivity contribution is -0.140. The number of esters is 1. The van der Waals surface area contributed by atoms with Crippen molar-refractivity contribution in [1.82, 2.24) is 0 Å². The average Bonchev–Trinajstić information content (AvgIpc) is 1.87. The van der Waals surface area contributed by atoms with Crippen LogP contribution in [0.2, 0.25) is 0 Å². The molecule has 0 spiro atoms. The summed E-state index contributed by atoms with van der Waals surface area (Å²) in [4.78, 5) is 10.4. The van der Waals surface area contributed by atoms with Gasteiger partial charge in [-0.15, -0.1) is 6.42 Å². The fourth-order valence-electron chi connectivity index (χ4n) is 0.322. The fourth-order valence-corrected chi connectivity index (χ4v) is 0.322. The lowest BCUT2D eigenvalue weighted by Gasteiger charge is -1.99. The summed E-state index contributed by atoms with van der Waals surface area (Å²) in [7, 11) is 1.30. The molecule has 0 fully saturated rings. The summed E-state index contributed by atoms with van der Waals surface area (Å²) >= 11 is 0. The van der Waals surface area contributed by atoms with Gasteiger partial charge in [0.15, 0.2) is 0 Å². The minimum atomic E-state index is -0.516. The molecule has 0 saturated carbocycles. The van der Waals surface area contributed by atoms with Crippen LogP contribution >= 0.6 is 0 Å². The first-order chi connectivity index (χ1) is 4.20. The van der Waals surface area contributed by atoms with Crippen LogP contribution in [0.1, 0.15) is 6.42 Å². The van der Waals surface area contributed by atoms with Gasteiger partial charge in [0, 0.05) is 0 Å². The number of carbonyl (C=O) groups is 1. The summed E-state index contributed by atoms with van der Waals surface area (Å²) < 4.78 is 4.31. The average molecular weight is 127 g/mol. The Labute approximate surface area is 54.2 Å². The predicted octanol–water partition coefficient (Wildman–Crippen LogP) is -0.490. The summed E-state index contributed by atoms with van der Waals surface area (Å²) in [5.74, 6) is 1.83. The van der Waals surface area contributed by atoms with Gasteiger partial charge in [-0.05, 0) is 0 Å². The van der Waals surface area contributed by atoms with Gasteiger partial charge in [0.1, 0.15) is 0 Å². The summed E-state index contributed by atoms with van der Waals surface area (Å²) in [5.41, 5.74) is 5.21. The molecule has 50 valence electrons. The maximum atomic E-state index is 10.4. The highest BCUT2D eigenvalue weighted by Crippen LogP contribution is 1.87. The third-order valence-electron chi connectivity index (χ3n) is 0.828. The van der Waals surface area contributed by atoms with Gasteiger partial charge >= 0.3 is 5.97 Å². The Bertz CT molecular complexity index is 136. The molecule has 0 aliphatic carbocycles. The third-order valence-corrected chi connectivity index (χ3v) is 0.828. The minimum absolute atomic E-state index is 0.0903. The predicted molar refractivity (Wildman–Crippen MR) is 33.4 cm³/mol. The molecule has 0 aromatic carbocycles. The van der Waals surface area contributed by atoms with Crippen LogP contribution in [0.5, 0.6) is 0 Å². The number of rotatable bonds is 2. The van der Waals surface area contributed by atoms with E-state index in [1.54, 1.807) is 0 Å². The first kappa shape index (κ1) is 7.99. The van der Waals surface area contributed by atoms with E-state index in [-0.39, 0.29) is 12.4 Å². The molecule has 0 saturated heterocycles. The van der Waals surface area contributed by atoms with Crippen molar-refractivity contribution in [2.24, 2.45) is 5.73 Å². The van der Waals surface area contributed by atoms with Crippen LogP contribution in [0.4, 0.5) is 0 Å². The Kier molecular flexibility index (Phi) is 3.49. The Morgan fingerprint density at radius 2 is 2.56 bits per heavy atom. The number of carbonyl (C=O) groups excluding carboxylic acids is 1. The monoisotopic (exact) mass is 127 g/mol. The molecule has 0 aliphatic rings. The SMILES string of the molecule is C#C[C@H](N)CC(=O)OC. The van der Waals surface area contributed by atoms with Crippen molar-refractivity contribution >= 4 is 5.97 Å². The maximum Gasteiger partial charge on any atom is 0.308 e. The van der Waals surface area contributed by atoms with Gasteiger partial charge in [-0.2, -0.15) is 0 Å². The zero-order valence-electron chi connectivity index (χ0n) is 5.26. The number of methoxy groups -OCH3 is 1. The number of hydrogen-bond acceptors (Lipinski definition) is 3. The number of hydrogen-bond donors (Lipinski definition) is 1. The summed E-state index contributed by atoms with van der Waals surface area (Å²) in [6.07, 6.45) is 4.98. The molecule has 2 N–H and O–H groups in total. The van der Waals surface area contributed by atoms with Crippen molar-refractivity contribution in [3.8, 4) is 12.3 Å². The molecule has 3 heteroatoms. The molecule has 0 rings (SSSR count). The second-order valence-electron chi connectivity index (χ2n) is 1.55. The third kappa shape index (κ3) is 3.56. The van der Waals surface area contributed by atoms with E-state index in [9.17, 15) is 4.79 Å². The molecule has 0 amide bonds. The van der Waals surface area contributed by atoms with E-state index >= 15 is 0 Å². The summed E-state index contributed by atoms with van der Waals surface area (Å²) in [6.45, 7) is 0. The van der Waals surface area contributed by atoms with E-state index in [1.165, 1.54) is 7.11 Å². The minimum Gasteiger partial charge on any atom is -0.469 e. The van der Waals surface area contributed by atoms with Crippen molar-refractivity contribution in [3.05, 3.63) is 0 Å². The number of terminal acetylenes is 1. The molecular weight excluding hydrogens is 118 g/mol.